The molecule has 0 saturated carbocycles. The van der Waals surface area contributed by atoms with Gasteiger partial charge in [-0.05, 0) is 44.4 Å². The average molecular weight is 450 g/mol. The lowest BCUT2D eigenvalue weighted by molar-refractivity contribution is 0.378. The SMILES string of the molecule is COc1ccc(S(=O)(=O)N2CCN(c3nc(C)cc(N4CCCCC4)n3)CC2)cc1F. The van der Waals surface area contributed by atoms with Crippen molar-refractivity contribution in [2.45, 2.75) is 31.1 Å². The Kier molecular flexibility index (Phi) is 6.29. The first-order valence-electron chi connectivity index (χ1n) is 10.6. The molecule has 0 aliphatic carbocycles. The molecule has 10 heteroatoms. The standard InChI is InChI=1S/C21H28FN5O3S/c1-16-14-20(25-8-4-3-5-9-25)24-21(23-16)26-10-12-27(13-11-26)31(28,29)17-6-7-19(30-2)18(22)15-17/h6-7,14-15H,3-5,8-13H2,1-2H3. The molecule has 2 aliphatic heterocycles. The lowest BCUT2D eigenvalue weighted by atomic mass is 10.1. The summed E-state index contributed by atoms with van der Waals surface area (Å²) >= 11 is 0. The number of ether oxygens (including phenoxy) is 1. The maximum atomic E-state index is 14.0. The molecule has 0 spiro atoms. The largest absolute Gasteiger partial charge is 0.494 e. The van der Waals surface area contributed by atoms with Gasteiger partial charge in [-0.15, -0.1) is 0 Å². The topological polar surface area (TPSA) is 78.9 Å². The smallest absolute Gasteiger partial charge is 0.243 e. The number of piperazine rings is 1. The van der Waals surface area contributed by atoms with E-state index in [1.165, 1.54) is 42.8 Å². The number of aromatic nitrogens is 2. The van der Waals surface area contributed by atoms with Crippen LogP contribution in [0.3, 0.4) is 0 Å². The predicted octanol–water partition coefficient (Wildman–Crippen LogP) is 2.43. The van der Waals surface area contributed by atoms with Crippen LogP contribution in [-0.2, 0) is 10.0 Å². The molecule has 0 bridgehead atoms. The minimum absolute atomic E-state index is 0.0184. The Morgan fingerprint density at radius 3 is 2.29 bits per heavy atom. The van der Waals surface area contributed by atoms with Gasteiger partial charge in [0, 0.05) is 51.0 Å². The highest BCUT2D eigenvalue weighted by molar-refractivity contribution is 7.89. The molecule has 2 aliphatic rings. The van der Waals surface area contributed by atoms with Crippen molar-refractivity contribution in [3.8, 4) is 5.75 Å². The Bertz CT molecular complexity index is 1040. The van der Waals surface area contributed by atoms with Gasteiger partial charge in [0.2, 0.25) is 16.0 Å². The maximum absolute atomic E-state index is 14.0. The highest BCUT2D eigenvalue weighted by atomic mass is 32.2. The Labute approximate surface area is 182 Å². The highest BCUT2D eigenvalue weighted by Crippen LogP contribution is 2.26. The monoisotopic (exact) mass is 449 g/mol. The summed E-state index contributed by atoms with van der Waals surface area (Å²) in [6.07, 6.45) is 3.59. The van der Waals surface area contributed by atoms with Gasteiger partial charge in [-0.25, -0.2) is 17.8 Å². The number of nitrogens with zero attached hydrogens (tertiary/aromatic N) is 5. The average Bonchev–Trinajstić information content (AvgIpc) is 2.79. The fourth-order valence-electron chi connectivity index (χ4n) is 4.05. The summed E-state index contributed by atoms with van der Waals surface area (Å²) in [5, 5.41) is 0. The van der Waals surface area contributed by atoms with Gasteiger partial charge in [0.05, 0.1) is 12.0 Å². The van der Waals surface area contributed by atoms with E-state index >= 15 is 0 Å². The molecule has 2 saturated heterocycles. The number of sulfonamides is 1. The predicted molar refractivity (Wildman–Crippen MR) is 117 cm³/mol. The molecule has 1 aromatic heterocycles. The van der Waals surface area contributed by atoms with Gasteiger partial charge >= 0.3 is 0 Å². The van der Waals surface area contributed by atoms with Crippen molar-refractivity contribution in [1.82, 2.24) is 14.3 Å². The van der Waals surface area contributed by atoms with Gasteiger partial charge in [-0.1, -0.05) is 0 Å². The first kappa shape index (κ1) is 21.8. The second-order valence-electron chi connectivity index (χ2n) is 7.90. The molecule has 0 radical (unpaired) electrons. The molecule has 0 N–H and O–H groups in total. The Morgan fingerprint density at radius 2 is 1.65 bits per heavy atom. The second-order valence-corrected chi connectivity index (χ2v) is 9.84. The van der Waals surface area contributed by atoms with Crippen LogP contribution in [0.25, 0.3) is 0 Å². The van der Waals surface area contributed by atoms with E-state index in [-0.39, 0.29) is 23.7 Å². The maximum Gasteiger partial charge on any atom is 0.243 e. The van der Waals surface area contributed by atoms with Crippen LogP contribution in [0.1, 0.15) is 25.0 Å². The second kappa shape index (κ2) is 8.96. The van der Waals surface area contributed by atoms with Crippen molar-refractivity contribution in [3.63, 3.8) is 0 Å². The third-order valence-corrected chi connectivity index (χ3v) is 7.69. The Balaban J connectivity index is 1.47. The summed E-state index contributed by atoms with van der Waals surface area (Å²) in [6.45, 7) is 5.47. The third-order valence-electron chi connectivity index (χ3n) is 5.79. The Morgan fingerprint density at radius 1 is 0.935 bits per heavy atom. The number of halogens is 1. The van der Waals surface area contributed by atoms with E-state index in [2.05, 4.69) is 9.88 Å². The van der Waals surface area contributed by atoms with Crippen LogP contribution >= 0.6 is 0 Å². The van der Waals surface area contributed by atoms with Gasteiger partial charge in [0.15, 0.2) is 11.6 Å². The van der Waals surface area contributed by atoms with E-state index < -0.39 is 15.8 Å². The van der Waals surface area contributed by atoms with Gasteiger partial charge in [-0.2, -0.15) is 9.29 Å². The van der Waals surface area contributed by atoms with Crippen LogP contribution in [0, 0.1) is 12.7 Å². The summed E-state index contributed by atoms with van der Waals surface area (Å²) in [7, 11) is -2.44. The molecule has 2 aromatic rings. The first-order chi connectivity index (χ1) is 14.9. The van der Waals surface area contributed by atoms with Crippen molar-refractivity contribution in [2.24, 2.45) is 0 Å². The highest BCUT2D eigenvalue weighted by Gasteiger charge is 2.30. The van der Waals surface area contributed by atoms with E-state index in [0.717, 1.165) is 30.7 Å². The fourth-order valence-corrected chi connectivity index (χ4v) is 5.48. The van der Waals surface area contributed by atoms with Crippen molar-refractivity contribution >= 4 is 21.8 Å². The quantitative estimate of drug-likeness (QED) is 0.694. The molecule has 1 aromatic carbocycles. The lowest BCUT2D eigenvalue weighted by Crippen LogP contribution is -2.49. The van der Waals surface area contributed by atoms with E-state index in [1.54, 1.807) is 0 Å². The van der Waals surface area contributed by atoms with Crippen LogP contribution in [0.15, 0.2) is 29.2 Å². The molecule has 0 amide bonds. The van der Waals surface area contributed by atoms with Crippen molar-refractivity contribution < 1.29 is 17.5 Å². The molecule has 0 atom stereocenters. The lowest BCUT2D eigenvalue weighted by Gasteiger charge is -2.35. The fraction of sp³-hybridized carbons (Fsp3) is 0.524. The number of piperidine rings is 1. The summed E-state index contributed by atoms with van der Waals surface area (Å²) in [4.78, 5) is 13.6. The van der Waals surface area contributed by atoms with Crippen molar-refractivity contribution in [3.05, 3.63) is 35.8 Å². The summed E-state index contributed by atoms with van der Waals surface area (Å²) < 4.78 is 46.2. The van der Waals surface area contributed by atoms with E-state index in [9.17, 15) is 12.8 Å². The number of hydrogen-bond donors (Lipinski definition) is 0. The molecule has 3 heterocycles. The molecule has 8 nitrogen and oxygen atoms in total. The molecular weight excluding hydrogens is 421 g/mol. The van der Waals surface area contributed by atoms with E-state index in [1.807, 2.05) is 17.9 Å². The number of benzene rings is 1. The molecule has 2 fully saturated rings. The third kappa shape index (κ3) is 4.59. The van der Waals surface area contributed by atoms with Crippen molar-refractivity contribution in [2.75, 3.05) is 56.2 Å². The van der Waals surface area contributed by atoms with Gasteiger partial charge in [0.1, 0.15) is 5.82 Å². The van der Waals surface area contributed by atoms with Crippen LogP contribution in [0.2, 0.25) is 0 Å². The zero-order valence-corrected chi connectivity index (χ0v) is 18.7. The van der Waals surface area contributed by atoms with Gasteiger partial charge < -0.3 is 14.5 Å². The summed E-state index contributed by atoms with van der Waals surface area (Å²) in [5.41, 5.74) is 0.898. The zero-order valence-electron chi connectivity index (χ0n) is 17.9. The molecule has 4 rings (SSSR count). The Hall–Kier alpha value is -2.46. The number of methoxy groups -OCH3 is 1. The molecule has 168 valence electrons. The summed E-state index contributed by atoms with van der Waals surface area (Å²) in [6, 6.07) is 5.72. The normalized spacial score (nSPS) is 18.3. The molecule has 31 heavy (non-hydrogen) atoms. The van der Waals surface area contributed by atoms with Gasteiger partial charge in [0.25, 0.3) is 0 Å². The van der Waals surface area contributed by atoms with Crippen LogP contribution in [-0.4, -0.2) is 69.1 Å². The number of rotatable bonds is 5. The van der Waals surface area contributed by atoms with E-state index in [4.69, 9.17) is 9.72 Å². The minimum atomic E-state index is -3.79. The number of anilines is 2. The molecular formula is C21H28FN5O3S. The van der Waals surface area contributed by atoms with Crippen molar-refractivity contribution in [1.29, 1.82) is 0 Å². The minimum Gasteiger partial charge on any atom is -0.494 e. The number of aryl methyl sites for hydroxylation is 1. The van der Waals surface area contributed by atoms with Crippen LogP contribution in [0.5, 0.6) is 5.75 Å². The summed E-state index contributed by atoms with van der Waals surface area (Å²) in [5.74, 6) is 0.893. The van der Waals surface area contributed by atoms with Crippen LogP contribution < -0.4 is 14.5 Å². The molecule has 0 unspecified atom stereocenters. The zero-order chi connectivity index (χ0) is 22.0. The van der Waals surface area contributed by atoms with Crippen LogP contribution in [0.4, 0.5) is 16.2 Å². The van der Waals surface area contributed by atoms with E-state index in [0.29, 0.717) is 19.0 Å². The number of hydrogen-bond acceptors (Lipinski definition) is 7. The van der Waals surface area contributed by atoms with Gasteiger partial charge in [-0.3, -0.25) is 0 Å². The first-order valence-corrected chi connectivity index (χ1v) is 12.0.